The second-order valence-electron chi connectivity index (χ2n) is 4.13. The Balaban J connectivity index is 2.46. The van der Waals surface area contributed by atoms with Gasteiger partial charge in [0.25, 0.3) is 0 Å². The van der Waals surface area contributed by atoms with Crippen LogP contribution in [0.15, 0.2) is 18.2 Å². The first-order valence-corrected chi connectivity index (χ1v) is 7.25. The molecule has 1 nitrogen and oxygen atoms in total. The Kier molecular flexibility index (Phi) is 6.25. The van der Waals surface area contributed by atoms with E-state index in [4.69, 9.17) is 17.3 Å². The standard InChI is InChI=1S/C13H20ClNS/c1-3-6-16-9-12(15)8-11-5-4-10(2)7-13(11)14/h4-5,7,12H,3,6,8-9,15H2,1-2H3. The molecule has 0 aliphatic carbocycles. The van der Waals surface area contributed by atoms with Gasteiger partial charge in [0, 0.05) is 16.8 Å². The summed E-state index contributed by atoms with van der Waals surface area (Å²) in [6.07, 6.45) is 2.08. The zero-order valence-corrected chi connectivity index (χ0v) is 11.6. The lowest BCUT2D eigenvalue weighted by Crippen LogP contribution is -2.25. The van der Waals surface area contributed by atoms with E-state index in [0.29, 0.717) is 0 Å². The second-order valence-corrected chi connectivity index (χ2v) is 5.69. The monoisotopic (exact) mass is 257 g/mol. The van der Waals surface area contributed by atoms with Crippen molar-refractivity contribution < 1.29 is 0 Å². The molecule has 0 saturated carbocycles. The van der Waals surface area contributed by atoms with E-state index in [9.17, 15) is 0 Å². The first kappa shape index (κ1) is 13.9. The van der Waals surface area contributed by atoms with Gasteiger partial charge in [-0.15, -0.1) is 0 Å². The maximum absolute atomic E-state index is 6.17. The van der Waals surface area contributed by atoms with Crippen LogP contribution in [0.1, 0.15) is 24.5 Å². The van der Waals surface area contributed by atoms with Gasteiger partial charge in [0.1, 0.15) is 0 Å². The van der Waals surface area contributed by atoms with Crippen LogP contribution in [0.4, 0.5) is 0 Å². The van der Waals surface area contributed by atoms with Gasteiger partial charge in [-0.05, 0) is 42.7 Å². The third kappa shape index (κ3) is 4.77. The molecule has 0 fully saturated rings. The minimum Gasteiger partial charge on any atom is -0.327 e. The summed E-state index contributed by atoms with van der Waals surface area (Å²) in [5.74, 6) is 2.20. The predicted octanol–water partition coefficient (Wildman–Crippen LogP) is 3.66. The molecular weight excluding hydrogens is 238 g/mol. The van der Waals surface area contributed by atoms with Crippen LogP contribution < -0.4 is 5.73 Å². The molecule has 0 aliphatic rings. The Morgan fingerprint density at radius 1 is 1.44 bits per heavy atom. The smallest absolute Gasteiger partial charge is 0.0441 e. The summed E-state index contributed by atoms with van der Waals surface area (Å²) in [5.41, 5.74) is 8.43. The molecule has 0 aromatic heterocycles. The van der Waals surface area contributed by atoms with Crippen molar-refractivity contribution in [3.05, 3.63) is 34.3 Å². The molecular formula is C13H20ClNS. The molecule has 1 rings (SSSR count). The zero-order chi connectivity index (χ0) is 12.0. The van der Waals surface area contributed by atoms with Crippen molar-refractivity contribution in [2.45, 2.75) is 32.7 Å². The second kappa shape index (κ2) is 7.21. The highest BCUT2D eigenvalue weighted by Crippen LogP contribution is 2.19. The van der Waals surface area contributed by atoms with E-state index in [0.717, 1.165) is 22.8 Å². The molecule has 0 aliphatic heterocycles. The Labute approximate surface area is 108 Å². The fourth-order valence-corrected chi connectivity index (χ4v) is 2.73. The molecule has 2 N–H and O–H groups in total. The maximum Gasteiger partial charge on any atom is 0.0441 e. The van der Waals surface area contributed by atoms with E-state index in [2.05, 4.69) is 19.1 Å². The maximum atomic E-state index is 6.17. The highest BCUT2D eigenvalue weighted by atomic mass is 35.5. The Hall–Kier alpha value is -0.180. The molecule has 0 radical (unpaired) electrons. The SMILES string of the molecule is CCCSCC(N)Cc1ccc(C)cc1Cl. The number of hydrogen-bond acceptors (Lipinski definition) is 2. The average Bonchev–Trinajstić information content (AvgIpc) is 2.23. The molecule has 90 valence electrons. The van der Waals surface area contributed by atoms with Gasteiger partial charge in [-0.2, -0.15) is 11.8 Å². The van der Waals surface area contributed by atoms with Gasteiger partial charge in [-0.3, -0.25) is 0 Å². The Bertz CT molecular complexity index is 328. The summed E-state index contributed by atoms with van der Waals surface area (Å²) in [6, 6.07) is 6.38. The number of benzene rings is 1. The van der Waals surface area contributed by atoms with Gasteiger partial charge >= 0.3 is 0 Å². The predicted molar refractivity (Wildman–Crippen MR) is 75.5 cm³/mol. The third-order valence-corrected chi connectivity index (χ3v) is 4.08. The Morgan fingerprint density at radius 3 is 2.81 bits per heavy atom. The van der Waals surface area contributed by atoms with Crippen molar-refractivity contribution in [2.24, 2.45) is 5.73 Å². The summed E-state index contributed by atoms with van der Waals surface area (Å²) in [6.45, 7) is 4.24. The van der Waals surface area contributed by atoms with Crippen molar-refractivity contribution in [3.63, 3.8) is 0 Å². The van der Waals surface area contributed by atoms with Crippen LogP contribution in [0.25, 0.3) is 0 Å². The minimum absolute atomic E-state index is 0.205. The quantitative estimate of drug-likeness (QED) is 0.787. The summed E-state index contributed by atoms with van der Waals surface area (Å²) < 4.78 is 0. The molecule has 0 bridgehead atoms. The van der Waals surface area contributed by atoms with E-state index in [1.165, 1.54) is 17.7 Å². The number of rotatable bonds is 6. The molecule has 3 heteroatoms. The molecule has 16 heavy (non-hydrogen) atoms. The Morgan fingerprint density at radius 2 is 2.19 bits per heavy atom. The van der Waals surface area contributed by atoms with E-state index in [1.54, 1.807) is 0 Å². The fraction of sp³-hybridized carbons (Fsp3) is 0.538. The first-order chi connectivity index (χ1) is 7.63. The van der Waals surface area contributed by atoms with Crippen molar-refractivity contribution >= 4 is 23.4 Å². The van der Waals surface area contributed by atoms with Crippen molar-refractivity contribution in [2.75, 3.05) is 11.5 Å². The van der Waals surface area contributed by atoms with Crippen molar-refractivity contribution in [3.8, 4) is 0 Å². The summed E-state index contributed by atoms with van der Waals surface area (Å²) in [5, 5.41) is 0.843. The lowest BCUT2D eigenvalue weighted by molar-refractivity contribution is 0.748. The topological polar surface area (TPSA) is 26.0 Å². The summed E-state index contributed by atoms with van der Waals surface area (Å²) in [4.78, 5) is 0. The lowest BCUT2D eigenvalue weighted by Gasteiger charge is -2.12. The van der Waals surface area contributed by atoms with Crippen LogP contribution in [-0.4, -0.2) is 17.5 Å². The van der Waals surface area contributed by atoms with E-state index in [1.807, 2.05) is 24.8 Å². The molecule has 1 atom stereocenters. The average molecular weight is 258 g/mol. The number of nitrogens with two attached hydrogens (primary N) is 1. The molecule has 0 spiro atoms. The zero-order valence-electron chi connectivity index (χ0n) is 10.0. The molecule has 1 unspecified atom stereocenters. The summed E-state index contributed by atoms with van der Waals surface area (Å²) >= 11 is 8.09. The third-order valence-electron chi connectivity index (χ3n) is 2.37. The van der Waals surface area contributed by atoms with Crippen molar-refractivity contribution in [1.82, 2.24) is 0 Å². The van der Waals surface area contributed by atoms with Crippen LogP contribution >= 0.6 is 23.4 Å². The van der Waals surface area contributed by atoms with Crippen molar-refractivity contribution in [1.29, 1.82) is 0 Å². The van der Waals surface area contributed by atoms with E-state index < -0.39 is 0 Å². The number of hydrogen-bond donors (Lipinski definition) is 1. The van der Waals surface area contributed by atoms with Crippen LogP contribution in [0.5, 0.6) is 0 Å². The fourth-order valence-electron chi connectivity index (χ4n) is 1.54. The van der Waals surface area contributed by atoms with Gasteiger partial charge in [0.15, 0.2) is 0 Å². The highest BCUT2D eigenvalue weighted by molar-refractivity contribution is 7.99. The van der Waals surface area contributed by atoms with Gasteiger partial charge in [-0.1, -0.05) is 30.7 Å². The van der Waals surface area contributed by atoms with E-state index >= 15 is 0 Å². The number of halogens is 1. The summed E-state index contributed by atoms with van der Waals surface area (Å²) in [7, 11) is 0. The van der Waals surface area contributed by atoms with E-state index in [-0.39, 0.29) is 6.04 Å². The molecule has 1 aromatic carbocycles. The van der Waals surface area contributed by atoms with Crippen LogP contribution in [-0.2, 0) is 6.42 Å². The van der Waals surface area contributed by atoms with Crippen LogP contribution in [0.2, 0.25) is 5.02 Å². The molecule has 0 saturated heterocycles. The largest absolute Gasteiger partial charge is 0.327 e. The van der Waals surface area contributed by atoms with Crippen LogP contribution in [0.3, 0.4) is 0 Å². The highest BCUT2D eigenvalue weighted by Gasteiger charge is 2.07. The molecule has 1 aromatic rings. The number of thioether (sulfide) groups is 1. The molecule has 0 heterocycles. The molecule has 0 amide bonds. The van der Waals surface area contributed by atoms with Crippen LogP contribution in [0, 0.1) is 6.92 Å². The van der Waals surface area contributed by atoms with Gasteiger partial charge < -0.3 is 5.73 Å². The van der Waals surface area contributed by atoms with Gasteiger partial charge in [0.2, 0.25) is 0 Å². The normalized spacial score (nSPS) is 12.8. The first-order valence-electron chi connectivity index (χ1n) is 5.71. The van der Waals surface area contributed by atoms with Gasteiger partial charge in [-0.25, -0.2) is 0 Å². The minimum atomic E-state index is 0.205. The lowest BCUT2D eigenvalue weighted by atomic mass is 10.1. The number of aryl methyl sites for hydroxylation is 1. The van der Waals surface area contributed by atoms with Gasteiger partial charge in [0.05, 0.1) is 0 Å².